The third-order valence-electron chi connectivity index (χ3n) is 3.89. The maximum Gasteiger partial charge on any atom is 0.0696 e. The first kappa shape index (κ1) is 13.6. The molecule has 1 aromatic rings. The summed E-state index contributed by atoms with van der Waals surface area (Å²) in [6.07, 6.45) is 6.23. The summed E-state index contributed by atoms with van der Waals surface area (Å²) in [5.41, 5.74) is -0.0709. The van der Waals surface area contributed by atoms with Crippen molar-refractivity contribution in [2.45, 2.75) is 58.0 Å². The van der Waals surface area contributed by atoms with Gasteiger partial charge in [0, 0.05) is 21.2 Å². The predicted molar refractivity (Wildman–Crippen MR) is 77.5 cm³/mol. The lowest BCUT2D eigenvalue weighted by Crippen LogP contribution is -2.30. The van der Waals surface area contributed by atoms with Gasteiger partial charge in [0.2, 0.25) is 0 Å². The van der Waals surface area contributed by atoms with Gasteiger partial charge < -0.3 is 5.11 Å². The second-order valence-corrected chi connectivity index (χ2v) is 8.06. The molecule has 17 heavy (non-hydrogen) atoms. The molecule has 0 radical (unpaired) electrons. The first-order valence-corrected chi connectivity index (χ1v) is 8.01. The zero-order valence-corrected chi connectivity index (χ0v) is 13.0. The molecular weight excluding hydrogens is 296 g/mol. The molecule has 1 nitrogen and oxygen atoms in total. The lowest BCUT2D eigenvalue weighted by molar-refractivity contribution is 0.0233. The van der Waals surface area contributed by atoms with Crippen LogP contribution in [-0.4, -0.2) is 10.7 Å². The highest BCUT2D eigenvalue weighted by molar-refractivity contribution is 9.10. The third kappa shape index (κ3) is 3.80. The molecule has 1 aromatic heterocycles. The zero-order valence-electron chi connectivity index (χ0n) is 10.6. The monoisotopic (exact) mass is 316 g/mol. The largest absolute Gasteiger partial charge is 0.390 e. The molecule has 0 aliphatic heterocycles. The van der Waals surface area contributed by atoms with Crippen LogP contribution in [0.15, 0.2) is 15.9 Å². The molecule has 0 spiro atoms. The topological polar surface area (TPSA) is 20.2 Å². The van der Waals surface area contributed by atoms with Crippen molar-refractivity contribution >= 4 is 27.3 Å². The Morgan fingerprint density at radius 2 is 2.06 bits per heavy atom. The first-order chi connectivity index (χ1) is 7.89. The maximum absolute atomic E-state index is 10.7. The van der Waals surface area contributed by atoms with Gasteiger partial charge in [-0.15, -0.1) is 11.3 Å². The van der Waals surface area contributed by atoms with Crippen LogP contribution in [-0.2, 0) is 6.42 Å². The Labute approximate surface area is 116 Å². The smallest absolute Gasteiger partial charge is 0.0696 e. The number of hydrogen-bond donors (Lipinski definition) is 1. The molecule has 1 fully saturated rings. The van der Waals surface area contributed by atoms with Crippen molar-refractivity contribution in [2.24, 2.45) is 5.41 Å². The first-order valence-electron chi connectivity index (χ1n) is 6.34. The Kier molecular flexibility index (Phi) is 4.01. The van der Waals surface area contributed by atoms with Crippen molar-refractivity contribution in [3.63, 3.8) is 0 Å². The van der Waals surface area contributed by atoms with Crippen LogP contribution in [0.2, 0.25) is 0 Å². The molecule has 1 saturated carbocycles. The standard InChI is InChI=1S/C14H21BrOS/c1-13(2)4-3-5-14(16,7-6-13)9-12-8-11(15)10-17-12/h8,10,16H,3-7,9H2,1-2H3. The van der Waals surface area contributed by atoms with E-state index in [0.29, 0.717) is 5.41 Å². The highest BCUT2D eigenvalue weighted by Crippen LogP contribution is 2.40. The fraction of sp³-hybridized carbons (Fsp3) is 0.714. The summed E-state index contributed by atoms with van der Waals surface area (Å²) in [7, 11) is 0. The fourth-order valence-corrected chi connectivity index (χ4v) is 4.25. The quantitative estimate of drug-likeness (QED) is 0.779. The number of hydrogen-bond acceptors (Lipinski definition) is 2. The van der Waals surface area contributed by atoms with Gasteiger partial charge >= 0.3 is 0 Å². The Hall–Kier alpha value is 0.140. The average molecular weight is 317 g/mol. The summed E-state index contributed by atoms with van der Waals surface area (Å²) >= 11 is 5.22. The highest BCUT2D eigenvalue weighted by Gasteiger charge is 2.34. The van der Waals surface area contributed by atoms with Gasteiger partial charge in [-0.1, -0.05) is 20.3 Å². The lowest BCUT2D eigenvalue weighted by Gasteiger charge is -2.27. The molecule has 96 valence electrons. The third-order valence-corrected chi connectivity index (χ3v) is 5.59. The van der Waals surface area contributed by atoms with Crippen LogP contribution in [0.4, 0.5) is 0 Å². The molecule has 1 aliphatic carbocycles. The van der Waals surface area contributed by atoms with Crippen molar-refractivity contribution in [1.82, 2.24) is 0 Å². The fourth-order valence-electron chi connectivity index (χ4n) is 2.66. The minimum atomic E-state index is -0.474. The summed E-state index contributed by atoms with van der Waals surface area (Å²) in [6.45, 7) is 4.64. The summed E-state index contributed by atoms with van der Waals surface area (Å²) < 4.78 is 1.13. The van der Waals surface area contributed by atoms with E-state index < -0.39 is 5.60 Å². The van der Waals surface area contributed by atoms with Gasteiger partial charge in [-0.25, -0.2) is 0 Å². The average Bonchev–Trinajstić information content (AvgIpc) is 2.55. The molecule has 1 unspecified atom stereocenters. The Morgan fingerprint density at radius 1 is 1.29 bits per heavy atom. The Balaban J connectivity index is 2.03. The molecule has 2 rings (SSSR count). The molecule has 3 heteroatoms. The molecular formula is C14H21BrOS. The van der Waals surface area contributed by atoms with Gasteiger partial charge in [-0.3, -0.25) is 0 Å². The van der Waals surface area contributed by atoms with Crippen LogP contribution >= 0.6 is 27.3 Å². The van der Waals surface area contributed by atoms with Gasteiger partial charge in [0.1, 0.15) is 0 Å². The van der Waals surface area contributed by atoms with E-state index in [1.54, 1.807) is 11.3 Å². The van der Waals surface area contributed by atoms with Gasteiger partial charge in [0.25, 0.3) is 0 Å². The second kappa shape index (κ2) is 5.02. The molecule has 1 aliphatic rings. The van der Waals surface area contributed by atoms with E-state index in [0.717, 1.165) is 36.6 Å². The van der Waals surface area contributed by atoms with E-state index in [-0.39, 0.29) is 0 Å². The molecule has 1 heterocycles. The van der Waals surface area contributed by atoms with Crippen LogP contribution in [0.1, 0.15) is 50.8 Å². The van der Waals surface area contributed by atoms with Crippen molar-refractivity contribution in [3.05, 3.63) is 20.8 Å². The van der Waals surface area contributed by atoms with Crippen molar-refractivity contribution < 1.29 is 5.11 Å². The van der Waals surface area contributed by atoms with E-state index in [1.165, 1.54) is 11.3 Å². The van der Waals surface area contributed by atoms with Crippen LogP contribution in [0.5, 0.6) is 0 Å². The van der Waals surface area contributed by atoms with Crippen molar-refractivity contribution in [3.8, 4) is 0 Å². The summed E-state index contributed by atoms with van der Waals surface area (Å²) in [5.74, 6) is 0. The van der Waals surface area contributed by atoms with Gasteiger partial charge in [-0.2, -0.15) is 0 Å². The van der Waals surface area contributed by atoms with Gasteiger partial charge in [0.05, 0.1) is 5.60 Å². The summed E-state index contributed by atoms with van der Waals surface area (Å²) in [4.78, 5) is 1.29. The zero-order chi connectivity index (χ0) is 12.5. The number of thiophene rings is 1. The second-order valence-electron chi connectivity index (χ2n) is 6.15. The highest BCUT2D eigenvalue weighted by atomic mass is 79.9. The predicted octanol–water partition coefficient (Wildman–Crippen LogP) is 4.77. The minimum absolute atomic E-state index is 0.403. The van der Waals surface area contributed by atoms with Crippen molar-refractivity contribution in [1.29, 1.82) is 0 Å². The number of rotatable bonds is 2. The molecule has 1 atom stereocenters. The van der Waals surface area contributed by atoms with E-state index in [4.69, 9.17) is 0 Å². The van der Waals surface area contributed by atoms with E-state index in [1.807, 2.05) is 0 Å². The molecule has 1 N–H and O–H groups in total. The summed E-state index contributed by atoms with van der Waals surface area (Å²) in [5, 5.41) is 12.8. The normalized spacial score (nSPS) is 28.9. The SMILES string of the molecule is CC1(C)CCCC(O)(Cc2cc(Br)cs2)CC1. The van der Waals surface area contributed by atoms with Crippen LogP contribution in [0.25, 0.3) is 0 Å². The maximum atomic E-state index is 10.7. The Bertz CT molecular complexity index is 385. The summed E-state index contributed by atoms with van der Waals surface area (Å²) in [6, 6.07) is 2.14. The molecule has 0 amide bonds. The molecule has 0 bridgehead atoms. The van der Waals surface area contributed by atoms with Crippen LogP contribution in [0, 0.1) is 5.41 Å². The van der Waals surface area contributed by atoms with E-state index in [9.17, 15) is 5.11 Å². The number of aliphatic hydroxyl groups is 1. The van der Waals surface area contributed by atoms with Crippen LogP contribution in [0.3, 0.4) is 0 Å². The van der Waals surface area contributed by atoms with E-state index >= 15 is 0 Å². The molecule has 0 aromatic carbocycles. The number of halogens is 1. The van der Waals surface area contributed by atoms with E-state index in [2.05, 4.69) is 41.2 Å². The minimum Gasteiger partial charge on any atom is -0.390 e. The van der Waals surface area contributed by atoms with Gasteiger partial charge in [-0.05, 0) is 53.1 Å². The molecule has 0 saturated heterocycles. The van der Waals surface area contributed by atoms with Gasteiger partial charge in [0.15, 0.2) is 0 Å². The van der Waals surface area contributed by atoms with Crippen molar-refractivity contribution in [2.75, 3.05) is 0 Å². The lowest BCUT2D eigenvalue weighted by atomic mass is 9.83. The Morgan fingerprint density at radius 3 is 2.71 bits per heavy atom. The van der Waals surface area contributed by atoms with Crippen LogP contribution < -0.4 is 0 Å².